The van der Waals surface area contributed by atoms with Crippen LogP contribution in [0.1, 0.15) is 16.7 Å². The topological polar surface area (TPSA) is 75.1 Å². The number of rotatable bonds is 2. The van der Waals surface area contributed by atoms with Crippen molar-refractivity contribution in [1.82, 2.24) is 9.78 Å². The monoisotopic (exact) mass is 364 g/mol. The standard InChI is InChI=1S/C20H13ClN2O3/c21-13-5-3-6-14(10-13)23-20(26)17(19(25)22-23)11-16-15-7-2-1-4-12(15)8-9-18(16)24/h1-11,26H,(H,22,25)/b16-11+. The third kappa shape index (κ3) is 2.68. The highest BCUT2D eigenvalue weighted by Crippen LogP contribution is 2.30. The van der Waals surface area contributed by atoms with Crippen molar-refractivity contribution in [3.05, 3.63) is 86.7 Å². The second-order valence-corrected chi connectivity index (χ2v) is 6.27. The number of allylic oxidation sites excluding steroid dienone is 2. The molecular formula is C20H13ClN2O3. The van der Waals surface area contributed by atoms with Gasteiger partial charge >= 0.3 is 0 Å². The first kappa shape index (κ1) is 16.2. The molecule has 1 aromatic heterocycles. The summed E-state index contributed by atoms with van der Waals surface area (Å²) in [6.45, 7) is 0. The average Bonchev–Trinajstić information content (AvgIpc) is 2.92. The van der Waals surface area contributed by atoms with Gasteiger partial charge in [-0.25, -0.2) is 4.68 Å². The van der Waals surface area contributed by atoms with Crippen molar-refractivity contribution < 1.29 is 9.90 Å². The number of aromatic amines is 1. The Bertz CT molecular complexity index is 1150. The fourth-order valence-corrected chi connectivity index (χ4v) is 3.12. The first-order valence-corrected chi connectivity index (χ1v) is 8.26. The van der Waals surface area contributed by atoms with Crippen LogP contribution in [0.4, 0.5) is 0 Å². The van der Waals surface area contributed by atoms with E-state index in [0.29, 0.717) is 21.8 Å². The Balaban J connectivity index is 1.88. The van der Waals surface area contributed by atoms with Gasteiger partial charge in [0.1, 0.15) is 5.56 Å². The Morgan fingerprint density at radius 2 is 1.85 bits per heavy atom. The molecule has 0 bridgehead atoms. The summed E-state index contributed by atoms with van der Waals surface area (Å²) in [6, 6.07) is 14.1. The third-order valence-electron chi connectivity index (χ3n) is 4.20. The lowest BCUT2D eigenvalue weighted by Gasteiger charge is -2.12. The van der Waals surface area contributed by atoms with E-state index in [1.807, 2.05) is 24.3 Å². The van der Waals surface area contributed by atoms with E-state index in [9.17, 15) is 14.7 Å². The molecule has 0 aliphatic heterocycles. The molecule has 0 radical (unpaired) electrons. The van der Waals surface area contributed by atoms with Gasteiger partial charge in [-0.3, -0.25) is 14.7 Å². The zero-order valence-corrected chi connectivity index (χ0v) is 14.2. The third-order valence-corrected chi connectivity index (χ3v) is 4.43. The normalized spacial score (nSPS) is 14.7. The number of aromatic hydroxyl groups is 1. The van der Waals surface area contributed by atoms with Crippen LogP contribution in [0.25, 0.3) is 23.4 Å². The minimum Gasteiger partial charge on any atom is -0.493 e. The molecule has 2 N–H and O–H groups in total. The summed E-state index contributed by atoms with van der Waals surface area (Å²) >= 11 is 5.97. The van der Waals surface area contributed by atoms with Gasteiger partial charge in [-0.15, -0.1) is 0 Å². The number of hydrogen-bond acceptors (Lipinski definition) is 3. The first-order valence-electron chi connectivity index (χ1n) is 7.88. The summed E-state index contributed by atoms with van der Waals surface area (Å²) in [5, 5.41) is 13.6. The van der Waals surface area contributed by atoms with E-state index in [2.05, 4.69) is 5.10 Å². The molecular weight excluding hydrogens is 352 g/mol. The molecule has 128 valence electrons. The van der Waals surface area contributed by atoms with Crippen molar-refractivity contribution in [2.45, 2.75) is 0 Å². The molecule has 3 aromatic rings. The van der Waals surface area contributed by atoms with E-state index < -0.39 is 5.56 Å². The molecule has 1 aliphatic rings. The van der Waals surface area contributed by atoms with Crippen LogP contribution < -0.4 is 5.56 Å². The molecule has 4 rings (SSSR count). The molecule has 0 spiro atoms. The maximum Gasteiger partial charge on any atom is 0.275 e. The number of carbonyl (C=O) groups excluding carboxylic acids is 1. The van der Waals surface area contributed by atoms with E-state index >= 15 is 0 Å². The molecule has 0 fully saturated rings. The van der Waals surface area contributed by atoms with Gasteiger partial charge < -0.3 is 5.11 Å². The molecule has 0 saturated heterocycles. The first-order chi connectivity index (χ1) is 12.5. The minimum atomic E-state index is -0.505. The quantitative estimate of drug-likeness (QED) is 0.681. The number of fused-ring (bicyclic) bond motifs is 1. The predicted molar refractivity (Wildman–Crippen MR) is 101 cm³/mol. The summed E-state index contributed by atoms with van der Waals surface area (Å²) in [5.74, 6) is -0.511. The van der Waals surface area contributed by atoms with E-state index in [1.165, 1.54) is 16.8 Å². The van der Waals surface area contributed by atoms with Crippen LogP contribution in [0.15, 0.2) is 59.4 Å². The van der Waals surface area contributed by atoms with Gasteiger partial charge in [0.25, 0.3) is 5.56 Å². The lowest BCUT2D eigenvalue weighted by Crippen LogP contribution is -2.08. The fourth-order valence-electron chi connectivity index (χ4n) is 2.94. The molecule has 5 nitrogen and oxygen atoms in total. The largest absolute Gasteiger partial charge is 0.493 e. The van der Waals surface area contributed by atoms with E-state index in [-0.39, 0.29) is 17.2 Å². The molecule has 0 saturated carbocycles. The number of nitrogens with one attached hydrogen (secondary N) is 1. The van der Waals surface area contributed by atoms with Crippen molar-refractivity contribution in [3.63, 3.8) is 0 Å². The number of H-pyrrole nitrogens is 1. The van der Waals surface area contributed by atoms with Crippen LogP contribution in [-0.4, -0.2) is 20.7 Å². The van der Waals surface area contributed by atoms with Crippen molar-refractivity contribution in [3.8, 4) is 11.6 Å². The van der Waals surface area contributed by atoms with Crippen LogP contribution in [0.3, 0.4) is 0 Å². The molecule has 0 amide bonds. The summed E-state index contributed by atoms with van der Waals surface area (Å²) in [5.41, 5.74) is 1.96. The van der Waals surface area contributed by atoms with Crippen LogP contribution in [0.2, 0.25) is 5.02 Å². The van der Waals surface area contributed by atoms with Crippen LogP contribution in [-0.2, 0) is 4.79 Å². The minimum absolute atomic E-state index is 0.0124. The maximum atomic E-state index is 12.4. The molecule has 0 unspecified atom stereocenters. The number of benzene rings is 2. The van der Waals surface area contributed by atoms with Crippen LogP contribution in [0, 0.1) is 0 Å². The predicted octanol–water partition coefficient (Wildman–Crippen LogP) is 3.66. The van der Waals surface area contributed by atoms with E-state index in [0.717, 1.165) is 5.56 Å². The highest BCUT2D eigenvalue weighted by Gasteiger charge is 2.20. The molecule has 0 atom stereocenters. The van der Waals surface area contributed by atoms with Gasteiger partial charge in [-0.2, -0.15) is 0 Å². The fraction of sp³-hybridized carbons (Fsp3) is 0. The summed E-state index contributed by atoms with van der Waals surface area (Å²) < 4.78 is 1.23. The lowest BCUT2D eigenvalue weighted by atomic mass is 9.90. The highest BCUT2D eigenvalue weighted by molar-refractivity contribution is 6.33. The van der Waals surface area contributed by atoms with Gasteiger partial charge in [-0.05, 0) is 41.5 Å². The highest BCUT2D eigenvalue weighted by atomic mass is 35.5. The molecule has 2 aromatic carbocycles. The molecule has 6 heteroatoms. The van der Waals surface area contributed by atoms with Gasteiger partial charge in [0.15, 0.2) is 5.78 Å². The number of halogens is 1. The molecule has 26 heavy (non-hydrogen) atoms. The van der Waals surface area contributed by atoms with Crippen LogP contribution >= 0.6 is 11.6 Å². The smallest absolute Gasteiger partial charge is 0.275 e. The maximum absolute atomic E-state index is 12.4. The number of nitrogens with zero attached hydrogens (tertiary/aromatic N) is 1. The number of ketones is 1. The molecule has 1 heterocycles. The second kappa shape index (κ2) is 6.20. The SMILES string of the molecule is O=C1C=Cc2ccccc2/C1=C\c1c(O)n(-c2cccc(Cl)c2)[nH]c1=O. The summed E-state index contributed by atoms with van der Waals surface area (Å²) in [6.07, 6.45) is 4.60. The van der Waals surface area contributed by atoms with E-state index in [1.54, 1.807) is 30.3 Å². The second-order valence-electron chi connectivity index (χ2n) is 5.84. The van der Waals surface area contributed by atoms with Crippen molar-refractivity contribution >= 4 is 35.1 Å². The average molecular weight is 365 g/mol. The Kier molecular flexibility index (Phi) is 3.86. The number of hydrogen-bond donors (Lipinski definition) is 2. The lowest BCUT2D eigenvalue weighted by molar-refractivity contribution is -0.109. The van der Waals surface area contributed by atoms with Gasteiger partial charge in [0, 0.05) is 10.6 Å². The van der Waals surface area contributed by atoms with Crippen molar-refractivity contribution in [1.29, 1.82) is 0 Å². The molecule has 1 aliphatic carbocycles. The Morgan fingerprint density at radius 1 is 1.04 bits per heavy atom. The Morgan fingerprint density at radius 3 is 2.65 bits per heavy atom. The van der Waals surface area contributed by atoms with Crippen molar-refractivity contribution in [2.75, 3.05) is 0 Å². The Labute approximate surface area is 153 Å². The summed E-state index contributed by atoms with van der Waals surface area (Å²) in [7, 11) is 0. The van der Waals surface area contributed by atoms with Crippen LogP contribution in [0.5, 0.6) is 5.88 Å². The van der Waals surface area contributed by atoms with Gasteiger partial charge in [-0.1, -0.05) is 48.0 Å². The number of aromatic nitrogens is 2. The Hall–Kier alpha value is -3.31. The zero-order valence-electron chi connectivity index (χ0n) is 13.4. The summed E-state index contributed by atoms with van der Waals surface area (Å²) in [4.78, 5) is 24.7. The zero-order chi connectivity index (χ0) is 18.3. The van der Waals surface area contributed by atoms with Gasteiger partial charge in [0.2, 0.25) is 5.88 Å². The van der Waals surface area contributed by atoms with Crippen molar-refractivity contribution in [2.24, 2.45) is 0 Å². The van der Waals surface area contributed by atoms with E-state index in [4.69, 9.17) is 11.6 Å². The van der Waals surface area contributed by atoms with Gasteiger partial charge in [0.05, 0.1) is 5.69 Å². The number of carbonyl (C=O) groups is 1.